The zero-order chi connectivity index (χ0) is 13.2. The van der Waals surface area contributed by atoms with Crippen molar-refractivity contribution in [1.82, 2.24) is 10.1 Å². The summed E-state index contributed by atoms with van der Waals surface area (Å²) in [5.41, 5.74) is 1.71. The Morgan fingerprint density at radius 2 is 2.16 bits per heavy atom. The van der Waals surface area contributed by atoms with Gasteiger partial charge in [0.1, 0.15) is 5.69 Å². The van der Waals surface area contributed by atoms with Gasteiger partial charge in [-0.3, -0.25) is 4.90 Å². The lowest BCUT2D eigenvalue weighted by atomic mass is 10.1. The van der Waals surface area contributed by atoms with E-state index < -0.39 is 6.09 Å². The van der Waals surface area contributed by atoms with Crippen LogP contribution in [0.5, 0.6) is 0 Å². The standard InChI is InChI=1S/C14H14N2O3/c17-14(18)16-8-4-7-12(16)13-9-11(15-19-13)10-5-2-1-3-6-10/h1-3,5-6,9,12H,4,7-8H2,(H,17,18)/t12-/m0/s1. The first-order chi connectivity index (χ1) is 9.25. The van der Waals surface area contributed by atoms with Gasteiger partial charge in [0.25, 0.3) is 0 Å². The van der Waals surface area contributed by atoms with Crippen LogP contribution in [0.15, 0.2) is 40.9 Å². The maximum Gasteiger partial charge on any atom is 0.407 e. The van der Waals surface area contributed by atoms with E-state index in [0.29, 0.717) is 12.3 Å². The van der Waals surface area contributed by atoms with Crippen LogP contribution in [-0.4, -0.2) is 27.8 Å². The van der Waals surface area contributed by atoms with Gasteiger partial charge in [-0.05, 0) is 12.8 Å². The maximum absolute atomic E-state index is 11.1. The lowest BCUT2D eigenvalue weighted by Crippen LogP contribution is -2.28. The van der Waals surface area contributed by atoms with Gasteiger partial charge < -0.3 is 9.63 Å². The molecule has 0 bridgehead atoms. The van der Waals surface area contributed by atoms with E-state index in [1.54, 1.807) is 0 Å². The fraction of sp³-hybridized carbons (Fsp3) is 0.286. The van der Waals surface area contributed by atoms with Crippen LogP contribution >= 0.6 is 0 Å². The highest BCUT2D eigenvalue weighted by Crippen LogP contribution is 2.33. The summed E-state index contributed by atoms with van der Waals surface area (Å²) < 4.78 is 5.33. The zero-order valence-corrected chi connectivity index (χ0v) is 10.3. The van der Waals surface area contributed by atoms with Crippen molar-refractivity contribution in [3.05, 3.63) is 42.2 Å². The number of carboxylic acid groups (broad SMARTS) is 1. The Morgan fingerprint density at radius 3 is 2.89 bits per heavy atom. The van der Waals surface area contributed by atoms with E-state index in [2.05, 4.69) is 5.16 Å². The first-order valence-electron chi connectivity index (χ1n) is 6.27. The van der Waals surface area contributed by atoms with Crippen LogP contribution in [0.1, 0.15) is 24.6 Å². The van der Waals surface area contributed by atoms with Crippen molar-refractivity contribution < 1.29 is 14.4 Å². The summed E-state index contributed by atoms with van der Waals surface area (Å²) in [6, 6.07) is 11.3. The number of rotatable bonds is 2. The molecule has 0 unspecified atom stereocenters. The molecule has 0 saturated carbocycles. The molecule has 1 aliphatic heterocycles. The number of likely N-dealkylation sites (tertiary alicyclic amines) is 1. The van der Waals surface area contributed by atoms with E-state index in [1.165, 1.54) is 4.90 Å². The summed E-state index contributed by atoms with van der Waals surface area (Å²) in [5.74, 6) is 0.624. The van der Waals surface area contributed by atoms with Crippen LogP contribution in [0.4, 0.5) is 4.79 Å². The number of aromatic nitrogens is 1. The number of amides is 1. The van der Waals surface area contributed by atoms with Crippen LogP contribution in [0, 0.1) is 0 Å². The van der Waals surface area contributed by atoms with Crippen molar-refractivity contribution in [2.75, 3.05) is 6.54 Å². The van der Waals surface area contributed by atoms with Crippen molar-refractivity contribution in [2.24, 2.45) is 0 Å². The summed E-state index contributed by atoms with van der Waals surface area (Å²) in [5, 5.41) is 13.2. The largest absolute Gasteiger partial charge is 0.465 e. The molecule has 0 spiro atoms. The predicted molar refractivity (Wildman–Crippen MR) is 68.6 cm³/mol. The molecule has 1 aromatic heterocycles. The van der Waals surface area contributed by atoms with Crippen LogP contribution in [0.3, 0.4) is 0 Å². The molecular weight excluding hydrogens is 244 g/mol. The molecule has 1 amide bonds. The average molecular weight is 258 g/mol. The number of carbonyl (C=O) groups is 1. The molecule has 1 aromatic carbocycles. The van der Waals surface area contributed by atoms with Crippen molar-refractivity contribution >= 4 is 6.09 Å². The van der Waals surface area contributed by atoms with E-state index in [-0.39, 0.29) is 6.04 Å². The van der Waals surface area contributed by atoms with Gasteiger partial charge in [-0.2, -0.15) is 0 Å². The minimum absolute atomic E-state index is 0.206. The predicted octanol–water partition coefficient (Wildman–Crippen LogP) is 3.16. The van der Waals surface area contributed by atoms with Gasteiger partial charge in [0, 0.05) is 18.2 Å². The van der Waals surface area contributed by atoms with Gasteiger partial charge in [-0.15, -0.1) is 0 Å². The lowest BCUT2D eigenvalue weighted by Gasteiger charge is -2.18. The van der Waals surface area contributed by atoms with Gasteiger partial charge in [0.15, 0.2) is 5.76 Å². The smallest absolute Gasteiger partial charge is 0.407 e. The first kappa shape index (κ1) is 11.8. The molecular formula is C14H14N2O3. The molecule has 98 valence electrons. The quantitative estimate of drug-likeness (QED) is 0.898. The third-order valence-corrected chi connectivity index (χ3v) is 3.42. The Hall–Kier alpha value is -2.30. The number of benzene rings is 1. The van der Waals surface area contributed by atoms with Crippen LogP contribution in [0.2, 0.25) is 0 Å². The second-order valence-electron chi connectivity index (χ2n) is 4.61. The second kappa shape index (κ2) is 4.76. The fourth-order valence-electron chi connectivity index (χ4n) is 2.48. The highest BCUT2D eigenvalue weighted by Gasteiger charge is 2.32. The Bertz CT molecular complexity index is 579. The van der Waals surface area contributed by atoms with Gasteiger partial charge in [0.05, 0.1) is 6.04 Å². The molecule has 1 atom stereocenters. The van der Waals surface area contributed by atoms with Crippen molar-refractivity contribution in [2.45, 2.75) is 18.9 Å². The molecule has 3 rings (SSSR count). The second-order valence-corrected chi connectivity index (χ2v) is 4.61. The molecule has 5 heteroatoms. The Balaban J connectivity index is 1.87. The van der Waals surface area contributed by atoms with Gasteiger partial charge in [0.2, 0.25) is 0 Å². The normalized spacial score (nSPS) is 18.7. The van der Waals surface area contributed by atoms with E-state index in [1.807, 2.05) is 36.4 Å². The van der Waals surface area contributed by atoms with E-state index in [0.717, 1.165) is 24.1 Å². The molecule has 1 fully saturated rings. The van der Waals surface area contributed by atoms with Crippen molar-refractivity contribution in [3.63, 3.8) is 0 Å². The molecule has 2 heterocycles. The third kappa shape index (κ3) is 2.19. The monoisotopic (exact) mass is 258 g/mol. The summed E-state index contributed by atoms with van der Waals surface area (Å²) in [7, 11) is 0. The van der Waals surface area contributed by atoms with Crippen LogP contribution < -0.4 is 0 Å². The highest BCUT2D eigenvalue weighted by molar-refractivity contribution is 5.66. The molecule has 1 aliphatic rings. The zero-order valence-electron chi connectivity index (χ0n) is 10.3. The lowest BCUT2D eigenvalue weighted by molar-refractivity contribution is 0.133. The Morgan fingerprint density at radius 1 is 1.37 bits per heavy atom. The number of hydrogen-bond donors (Lipinski definition) is 1. The Kier molecular flexibility index (Phi) is 2.95. The van der Waals surface area contributed by atoms with Crippen molar-refractivity contribution in [1.29, 1.82) is 0 Å². The van der Waals surface area contributed by atoms with Crippen LogP contribution in [0.25, 0.3) is 11.3 Å². The number of nitrogens with zero attached hydrogens (tertiary/aromatic N) is 2. The summed E-state index contributed by atoms with van der Waals surface area (Å²) in [4.78, 5) is 12.5. The van der Waals surface area contributed by atoms with Gasteiger partial charge in [-0.25, -0.2) is 4.79 Å². The van der Waals surface area contributed by atoms with Gasteiger partial charge in [-0.1, -0.05) is 35.5 Å². The summed E-state index contributed by atoms with van der Waals surface area (Å²) >= 11 is 0. The summed E-state index contributed by atoms with van der Waals surface area (Å²) in [6.07, 6.45) is 0.744. The third-order valence-electron chi connectivity index (χ3n) is 3.42. The topological polar surface area (TPSA) is 66.6 Å². The Labute approximate surface area is 110 Å². The minimum atomic E-state index is -0.903. The van der Waals surface area contributed by atoms with Gasteiger partial charge >= 0.3 is 6.09 Å². The van der Waals surface area contributed by atoms with E-state index >= 15 is 0 Å². The molecule has 2 aromatic rings. The molecule has 1 N–H and O–H groups in total. The van der Waals surface area contributed by atoms with E-state index in [9.17, 15) is 4.79 Å². The van der Waals surface area contributed by atoms with Crippen LogP contribution in [-0.2, 0) is 0 Å². The molecule has 19 heavy (non-hydrogen) atoms. The van der Waals surface area contributed by atoms with E-state index in [4.69, 9.17) is 9.63 Å². The fourth-order valence-corrected chi connectivity index (χ4v) is 2.48. The molecule has 5 nitrogen and oxygen atoms in total. The minimum Gasteiger partial charge on any atom is -0.465 e. The molecule has 1 saturated heterocycles. The number of hydrogen-bond acceptors (Lipinski definition) is 3. The first-order valence-corrected chi connectivity index (χ1v) is 6.27. The van der Waals surface area contributed by atoms with Crippen molar-refractivity contribution in [3.8, 4) is 11.3 Å². The molecule has 0 radical (unpaired) electrons. The highest BCUT2D eigenvalue weighted by atomic mass is 16.5. The molecule has 0 aliphatic carbocycles. The SMILES string of the molecule is O=C(O)N1CCC[C@H]1c1cc(-c2ccccc2)no1. The average Bonchev–Trinajstić information content (AvgIpc) is 3.08. The summed E-state index contributed by atoms with van der Waals surface area (Å²) in [6.45, 7) is 0.557. The maximum atomic E-state index is 11.1.